The van der Waals surface area contributed by atoms with Gasteiger partial charge in [-0.05, 0) is 23.6 Å². The summed E-state index contributed by atoms with van der Waals surface area (Å²) in [6, 6.07) is 18.3. The van der Waals surface area contributed by atoms with Gasteiger partial charge in [0.2, 0.25) is 5.91 Å². The van der Waals surface area contributed by atoms with E-state index in [2.05, 4.69) is 17.1 Å². The molecule has 0 aliphatic heterocycles. The number of rotatable bonds is 7. The van der Waals surface area contributed by atoms with E-state index in [4.69, 9.17) is 4.74 Å². The van der Waals surface area contributed by atoms with Crippen molar-refractivity contribution < 1.29 is 9.53 Å². The molecule has 0 spiro atoms. The molecule has 0 saturated heterocycles. The summed E-state index contributed by atoms with van der Waals surface area (Å²) >= 11 is 0. The zero-order valence-electron chi connectivity index (χ0n) is 14.7. The van der Waals surface area contributed by atoms with Crippen LogP contribution in [-0.4, -0.2) is 42.6 Å². The lowest BCUT2D eigenvalue weighted by atomic mass is 10.0. The van der Waals surface area contributed by atoms with Crippen LogP contribution in [0.3, 0.4) is 0 Å². The molecule has 1 atom stereocenters. The number of hydrogen-bond donors (Lipinski definition) is 1. The van der Waals surface area contributed by atoms with E-state index in [-0.39, 0.29) is 11.9 Å². The highest BCUT2D eigenvalue weighted by atomic mass is 16.5. The number of carbonyl (C=O) groups is 1. The molecule has 0 bridgehead atoms. The Bertz CT molecular complexity index is 826. The lowest BCUT2D eigenvalue weighted by Crippen LogP contribution is -2.42. The van der Waals surface area contributed by atoms with Gasteiger partial charge in [0, 0.05) is 31.3 Å². The average Bonchev–Trinajstić information content (AvgIpc) is 3.04. The lowest BCUT2D eigenvalue weighted by molar-refractivity contribution is -0.132. The Balaban J connectivity index is 1.72. The highest BCUT2D eigenvalue weighted by Gasteiger charge is 2.21. The maximum atomic E-state index is 12.8. The van der Waals surface area contributed by atoms with Crippen LogP contribution in [0, 0.1) is 0 Å². The molecule has 25 heavy (non-hydrogen) atoms. The van der Waals surface area contributed by atoms with Crippen molar-refractivity contribution in [1.82, 2.24) is 9.88 Å². The van der Waals surface area contributed by atoms with Gasteiger partial charge in [-0.15, -0.1) is 0 Å². The van der Waals surface area contributed by atoms with Gasteiger partial charge in [0.15, 0.2) is 0 Å². The Morgan fingerprint density at radius 2 is 1.84 bits per heavy atom. The third-order valence-corrected chi connectivity index (χ3v) is 4.63. The number of likely N-dealkylation sites (N-methyl/N-ethyl adjacent to an activating group) is 1. The van der Waals surface area contributed by atoms with Gasteiger partial charge in [-0.1, -0.05) is 48.5 Å². The normalized spacial score (nSPS) is 12.2. The van der Waals surface area contributed by atoms with Crippen LogP contribution in [-0.2, 0) is 22.4 Å². The van der Waals surface area contributed by atoms with Crippen molar-refractivity contribution in [3.8, 4) is 0 Å². The minimum atomic E-state index is 0.0186. The molecule has 4 nitrogen and oxygen atoms in total. The number of amides is 1. The first-order valence-electron chi connectivity index (χ1n) is 8.52. The highest BCUT2D eigenvalue weighted by molar-refractivity contribution is 5.88. The molecule has 0 aliphatic rings. The van der Waals surface area contributed by atoms with Crippen LogP contribution in [0.1, 0.15) is 11.1 Å². The number of benzene rings is 2. The molecule has 1 aromatic heterocycles. The number of ether oxygens (including phenoxy) is 1. The predicted molar refractivity (Wildman–Crippen MR) is 101 cm³/mol. The molecular formula is C21H24N2O2. The number of H-pyrrole nitrogens is 1. The maximum absolute atomic E-state index is 12.8. The van der Waals surface area contributed by atoms with Crippen molar-refractivity contribution in [1.29, 1.82) is 0 Å². The first-order valence-corrected chi connectivity index (χ1v) is 8.52. The first-order chi connectivity index (χ1) is 12.2. The van der Waals surface area contributed by atoms with Crippen LogP contribution in [0.25, 0.3) is 10.9 Å². The van der Waals surface area contributed by atoms with E-state index in [1.54, 1.807) is 7.11 Å². The summed E-state index contributed by atoms with van der Waals surface area (Å²) in [6.45, 7) is 0.519. The van der Waals surface area contributed by atoms with Crippen molar-refractivity contribution in [3.05, 3.63) is 71.9 Å². The van der Waals surface area contributed by atoms with Gasteiger partial charge in [-0.25, -0.2) is 0 Å². The molecule has 3 rings (SSSR count). The standard InChI is InChI=1S/C21H24N2O2/c1-23(18(15-25-2)12-16-8-4-3-5-9-16)21(24)13-17-14-22-20-11-7-6-10-19(17)20/h3-11,14,18,22H,12-13,15H2,1-2H3/t18-/m1/s1. The number of aromatic amines is 1. The number of fused-ring (bicyclic) bond motifs is 1. The van der Waals surface area contributed by atoms with Gasteiger partial charge in [0.25, 0.3) is 0 Å². The zero-order valence-corrected chi connectivity index (χ0v) is 14.7. The molecule has 1 heterocycles. The van der Waals surface area contributed by atoms with Crippen LogP contribution < -0.4 is 0 Å². The summed E-state index contributed by atoms with van der Waals surface area (Å²) in [6.07, 6.45) is 3.10. The quantitative estimate of drug-likeness (QED) is 0.718. The van der Waals surface area contributed by atoms with Crippen molar-refractivity contribution in [2.75, 3.05) is 20.8 Å². The van der Waals surface area contributed by atoms with E-state index in [1.165, 1.54) is 5.56 Å². The van der Waals surface area contributed by atoms with Crippen LogP contribution in [0.15, 0.2) is 60.8 Å². The van der Waals surface area contributed by atoms with Crippen molar-refractivity contribution in [2.24, 2.45) is 0 Å². The monoisotopic (exact) mass is 336 g/mol. The van der Waals surface area contributed by atoms with Gasteiger partial charge >= 0.3 is 0 Å². The lowest BCUT2D eigenvalue weighted by Gasteiger charge is -2.28. The Hall–Kier alpha value is -2.59. The smallest absolute Gasteiger partial charge is 0.227 e. The number of carbonyl (C=O) groups excluding carboxylic acids is 1. The van der Waals surface area contributed by atoms with E-state index < -0.39 is 0 Å². The fraction of sp³-hybridized carbons (Fsp3) is 0.286. The molecule has 0 aliphatic carbocycles. The summed E-state index contributed by atoms with van der Waals surface area (Å²) in [5, 5.41) is 1.11. The average molecular weight is 336 g/mol. The molecule has 4 heteroatoms. The summed E-state index contributed by atoms with van der Waals surface area (Å²) in [7, 11) is 3.54. The van der Waals surface area contributed by atoms with E-state index in [9.17, 15) is 4.79 Å². The Kier molecular flexibility index (Phi) is 5.51. The van der Waals surface area contributed by atoms with Gasteiger partial charge in [-0.3, -0.25) is 4.79 Å². The van der Waals surface area contributed by atoms with Gasteiger partial charge in [0.05, 0.1) is 19.1 Å². The molecule has 1 N–H and O–H groups in total. The predicted octanol–water partition coefficient (Wildman–Crippen LogP) is 3.43. The third-order valence-electron chi connectivity index (χ3n) is 4.63. The second-order valence-electron chi connectivity index (χ2n) is 6.34. The van der Waals surface area contributed by atoms with Gasteiger partial charge < -0.3 is 14.6 Å². The molecule has 0 saturated carbocycles. The second kappa shape index (κ2) is 7.99. The summed E-state index contributed by atoms with van der Waals surface area (Å²) in [5.74, 6) is 0.0998. The van der Waals surface area contributed by atoms with Crippen LogP contribution in [0.5, 0.6) is 0 Å². The molecule has 0 radical (unpaired) electrons. The fourth-order valence-electron chi connectivity index (χ4n) is 3.16. The zero-order chi connectivity index (χ0) is 17.6. The van der Waals surface area contributed by atoms with Crippen molar-refractivity contribution in [2.45, 2.75) is 18.9 Å². The number of methoxy groups -OCH3 is 1. The molecule has 130 valence electrons. The Morgan fingerprint density at radius 1 is 1.12 bits per heavy atom. The van der Waals surface area contributed by atoms with E-state index in [0.29, 0.717) is 13.0 Å². The molecular weight excluding hydrogens is 312 g/mol. The van der Waals surface area contributed by atoms with E-state index >= 15 is 0 Å². The number of nitrogens with zero attached hydrogens (tertiary/aromatic N) is 1. The van der Waals surface area contributed by atoms with E-state index in [1.807, 2.05) is 60.6 Å². The molecule has 0 unspecified atom stereocenters. The minimum Gasteiger partial charge on any atom is -0.383 e. The third kappa shape index (κ3) is 4.09. The SMILES string of the molecule is COC[C@@H](Cc1ccccc1)N(C)C(=O)Cc1c[nH]c2ccccc12. The largest absolute Gasteiger partial charge is 0.383 e. The number of aromatic nitrogens is 1. The summed E-state index contributed by atoms with van der Waals surface area (Å²) in [5.41, 5.74) is 3.30. The fourth-order valence-corrected chi connectivity index (χ4v) is 3.16. The maximum Gasteiger partial charge on any atom is 0.227 e. The Labute approximate surface area is 148 Å². The second-order valence-corrected chi connectivity index (χ2v) is 6.34. The Morgan fingerprint density at radius 3 is 2.60 bits per heavy atom. The van der Waals surface area contributed by atoms with Crippen LogP contribution in [0.4, 0.5) is 0 Å². The number of para-hydroxylation sites is 1. The molecule has 2 aromatic carbocycles. The van der Waals surface area contributed by atoms with Crippen LogP contribution >= 0.6 is 0 Å². The van der Waals surface area contributed by atoms with Gasteiger partial charge in [0.1, 0.15) is 0 Å². The van der Waals surface area contributed by atoms with Crippen molar-refractivity contribution >= 4 is 16.8 Å². The first kappa shape index (κ1) is 17.2. The number of hydrogen-bond acceptors (Lipinski definition) is 2. The minimum absolute atomic E-state index is 0.0186. The van der Waals surface area contributed by atoms with Gasteiger partial charge in [-0.2, -0.15) is 0 Å². The van der Waals surface area contributed by atoms with Crippen LogP contribution in [0.2, 0.25) is 0 Å². The molecule has 0 fully saturated rings. The molecule has 3 aromatic rings. The summed E-state index contributed by atoms with van der Waals surface area (Å²) < 4.78 is 5.35. The summed E-state index contributed by atoms with van der Waals surface area (Å²) in [4.78, 5) is 17.9. The number of nitrogens with one attached hydrogen (secondary N) is 1. The topological polar surface area (TPSA) is 45.3 Å². The van der Waals surface area contributed by atoms with E-state index in [0.717, 1.165) is 22.9 Å². The van der Waals surface area contributed by atoms with Crippen molar-refractivity contribution in [3.63, 3.8) is 0 Å². The highest BCUT2D eigenvalue weighted by Crippen LogP contribution is 2.19. The molecule has 1 amide bonds.